The monoisotopic (exact) mass is 296 g/mol. The smallest absolute Gasteiger partial charge is 1.00 e. The summed E-state index contributed by atoms with van der Waals surface area (Å²) in [6.07, 6.45) is 0.267. The van der Waals surface area contributed by atoms with Gasteiger partial charge >= 0.3 is 49.7 Å². The summed E-state index contributed by atoms with van der Waals surface area (Å²) >= 11 is 0. The van der Waals surface area contributed by atoms with E-state index in [-0.39, 0.29) is 47.2 Å². The molecular weight excluding hydrogens is 280 g/mol. The van der Waals surface area contributed by atoms with Crippen molar-refractivity contribution in [1.29, 1.82) is 0 Å². The van der Waals surface area contributed by atoms with Crippen molar-refractivity contribution >= 4 is 59.8 Å². The third-order valence-electron chi connectivity index (χ3n) is 1.72. The molecule has 0 aromatic rings. The maximum Gasteiger partial charge on any atom is 2.00 e. The molecule has 1 atom stereocenters. The minimum atomic E-state index is -4.75. The van der Waals surface area contributed by atoms with Crippen molar-refractivity contribution in [3.63, 3.8) is 0 Å². The molecule has 0 saturated carbocycles. The van der Waals surface area contributed by atoms with Crippen LogP contribution in [0.15, 0.2) is 0 Å². The summed E-state index contributed by atoms with van der Waals surface area (Å²) < 4.78 is 34.7. The summed E-state index contributed by atoms with van der Waals surface area (Å²) in [6, 6.07) is 0. The molecule has 0 amide bonds. The van der Waals surface area contributed by atoms with Gasteiger partial charge in [0.05, 0.1) is 13.0 Å². The molecule has 9 heteroatoms. The molecule has 0 rings (SSSR count). The number of carbonyl (C=O) groups excluding carboxylic acids is 1. The minimum absolute atomic E-state index is 0. The van der Waals surface area contributed by atoms with Gasteiger partial charge in [0.15, 0.2) is 5.25 Å². The number of carboxylic acid groups (broad SMARTS) is 1. The Hall–Kier alpha value is 0.110. The zero-order chi connectivity index (χ0) is 12.8. The van der Waals surface area contributed by atoms with Crippen LogP contribution >= 0.6 is 0 Å². The molecule has 0 fully saturated rings. The number of carboxylic acids is 1. The average molecular weight is 296 g/mol. The van der Waals surface area contributed by atoms with Crippen LogP contribution in [-0.4, -0.2) is 79.6 Å². The first-order valence-electron chi connectivity index (χ1n) is 4.63. The quantitative estimate of drug-likeness (QED) is 0.291. The zero-order valence-electron chi connectivity index (χ0n) is 11.5. The largest absolute Gasteiger partial charge is 2.00 e. The Labute approximate surface area is 132 Å². The number of hydrogen-bond acceptors (Lipinski definition) is 5. The average Bonchev–Trinajstić information content (AvgIpc) is 2.12. The van der Waals surface area contributed by atoms with E-state index in [2.05, 4.69) is 4.74 Å². The Kier molecular flexibility index (Phi) is 10.4. The van der Waals surface area contributed by atoms with E-state index in [0.29, 0.717) is 6.42 Å². The molecular formula is C8H16CaO7S. The fraction of sp³-hybridized carbons (Fsp3) is 0.750. The van der Waals surface area contributed by atoms with Gasteiger partial charge in [-0.25, -0.2) is 0 Å². The molecule has 1 unspecified atom stereocenters. The van der Waals surface area contributed by atoms with E-state index >= 15 is 0 Å². The Balaban J connectivity index is -0.000000375. The SMILES string of the molecule is CCCCOC(=O)C(CC(=O)O)S(=O)(=O)O.[Ca+2].[H-].[H-]. The second-order valence-corrected chi connectivity index (χ2v) is 4.72. The number of hydrogen-bond donors (Lipinski definition) is 2. The van der Waals surface area contributed by atoms with Gasteiger partial charge in [-0.2, -0.15) is 8.42 Å². The normalized spacial score (nSPS) is 12.4. The first-order chi connectivity index (χ1) is 7.29. The van der Waals surface area contributed by atoms with E-state index in [9.17, 15) is 18.0 Å². The van der Waals surface area contributed by atoms with Crippen LogP contribution in [0.4, 0.5) is 0 Å². The molecule has 17 heavy (non-hydrogen) atoms. The molecule has 0 aromatic heterocycles. The molecule has 0 heterocycles. The van der Waals surface area contributed by atoms with E-state index < -0.39 is 33.7 Å². The van der Waals surface area contributed by atoms with Gasteiger partial charge in [-0.1, -0.05) is 13.3 Å². The van der Waals surface area contributed by atoms with Crippen molar-refractivity contribution in [2.24, 2.45) is 0 Å². The van der Waals surface area contributed by atoms with Crippen LogP contribution in [0.25, 0.3) is 0 Å². The van der Waals surface area contributed by atoms with Gasteiger partial charge in [-0.05, 0) is 6.42 Å². The summed E-state index contributed by atoms with van der Waals surface area (Å²) in [5, 5.41) is 6.33. The minimum Gasteiger partial charge on any atom is -1.00 e. The summed E-state index contributed by atoms with van der Waals surface area (Å²) in [5.41, 5.74) is 0. The second-order valence-electron chi connectivity index (χ2n) is 3.12. The van der Waals surface area contributed by atoms with E-state index in [0.717, 1.165) is 6.42 Å². The molecule has 0 radical (unpaired) electrons. The second kappa shape index (κ2) is 9.09. The Morgan fingerprint density at radius 2 is 1.94 bits per heavy atom. The Morgan fingerprint density at radius 3 is 2.29 bits per heavy atom. The zero-order valence-corrected chi connectivity index (χ0v) is 12.5. The Morgan fingerprint density at radius 1 is 1.41 bits per heavy atom. The van der Waals surface area contributed by atoms with Gasteiger partial charge in [-0.15, -0.1) is 0 Å². The predicted molar refractivity (Wildman–Crippen MR) is 61.4 cm³/mol. The predicted octanol–water partition coefficient (Wildman–Crippen LogP) is -0.0950. The summed E-state index contributed by atoms with van der Waals surface area (Å²) in [5.74, 6) is -2.74. The van der Waals surface area contributed by atoms with Crippen LogP contribution in [0.5, 0.6) is 0 Å². The number of ether oxygens (including phenoxy) is 1. The summed E-state index contributed by atoms with van der Waals surface area (Å²) in [4.78, 5) is 21.5. The van der Waals surface area contributed by atoms with Crippen molar-refractivity contribution in [2.75, 3.05) is 6.61 Å². The molecule has 0 saturated heterocycles. The molecule has 0 spiro atoms. The van der Waals surface area contributed by atoms with E-state index in [1.807, 2.05) is 6.92 Å². The van der Waals surface area contributed by atoms with Crippen LogP contribution < -0.4 is 0 Å². The van der Waals surface area contributed by atoms with Crippen molar-refractivity contribution in [2.45, 2.75) is 31.4 Å². The van der Waals surface area contributed by atoms with Gasteiger partial charge < -0.3 is 12.7 Å². The van der Waals surface area contributed by atoms with E-state index in [1.54, 1.807) is 0 Å². The van der Waals surface area contributed by atoms with Crippen LogP contribution in [0.3, 0.4) is 0 Å². The molecule has 0 aliphatic heterocycles. The summed E-state index contributed by atoms with van der Waals surface area (Å²) in [7, 11) is -4.75. The first-order valence-corrected chi connectivity index (χ1v) is 6.14. The maximum absolute atomic E-state index is 11.2. The molecule has 7 nitrogen and oxygen atoms in total. The molecule has 0 aliphatic carbocycles. The molecule has 0 aliphatic rings. The number of unbranched alkanes of at least 4 members (excludes halogenated alkanes) is 1. The first kappa shape index (κ1) is 19.4. The third-order valence-corrected chi connectivity index (χ3v) is 2.80. The molecule has 2 N–H and O–H groups in total. The van der Waals surface area contributed by atoms with Crippen molar-refractivity contribution in [3.05, 3.63) is 0 Å². The van der Waals surface area contributed by atoms with Crippen molar-refractivity contribution in [1.82, 2.24) is 0 Å². The fourth-order valence-corrected chi connectivity index (χ4v) is 1.54. The number of aliphatic carboxylic acids is 1. The standard InChI is InChI=1S/C8H14O7S.Ca.2H/c1-2-3-4-15-8(11)6(5-7(9)10)16(12,13)14;;;/h6H,2-5H2,1H3,(H,9,10)(H,12,13,14);;;/q;+2;2*-1. The number of esters is 1. The van der Waals surface area contributed by atoms with Crippen molar-refractivity contribution < 1.29 is 35.3 Å². The van der Waals surface area contributed by atoms with Gasteiger partial charge in [0.1, 0.15) is 0 Å². The van der Waals surface area contributed by atoms with Gasteiger partial charge in [0.2, 0.25) is 0 Å². The van der Waals surface area contributed by atoms with Crippen molar-refractivity contribution in [3.8, 4) is 0 Å². The maximum atomic E-state index is 11.2. The topological polar surface area (TPSA) is 118 Å². The number of carbonyl (C=O) groups is 2. The Bertz CT molecular complexity index is 360. The summed E-state index contributed by atoms with van der Waals surface area (Å²) in [6.45, 7) is 1.84. The van der Waals surface area contributed by atoms with Crippen LogP contribution in [0.1, 0.15) is 29.0 Å². The van der Waals surface area contributed by atoms with Crippen LogP contribution in [0.2, 0.25) is 0 Å². The van der Waals surface area contributed by atoms with Gasteiger partial charge in [0, 0.05) is 0 Å². The number of rotatable bonds is 7. The van der Waals surface area contributed by atoms with E-state index in [4.69, 9.17) is 9.66 Å². The van der Waals surface area contributed by atoms with Gasteiger partial charge in [-0.3, -0.25) is 14.1 Å². The van der Waals surface area contributed by atoms with Crippen LogP contribution in [-0.2, 0) is 24.4 Å². The third kappa shape index (κ3) is 8.78. The fourth-order valence-electron chi connectivity index (χ4n) is 0.879. The molecule has 0 aromatic carbocycles. The molecule has 98 valence electrons. The molecule has 0 bridgehead atoms. The van der Waals surface area contributed by atoms with Gasteiger partial charge in [0.25, 0.3) is 10.1 Å². The van der Waals surface area contributed by atoms with E-state index in [1.165, 1.54) is 0 Å². The van der Waals surface area contributed by atoms with Crippen LogP contribution in [0, 0.1) is 0 Å².